The smallest absolute Gasteiger partial charge is 0.320 e. The maximum Gasteiger partial charge on any atom is 0.320 e. The number of thiazole rings is 1. The van der Waals surface area contributed by atoms with Crippen LogP contribution in [-0.4, -0.2) is 23.0 Å². The predicted octanol–water partition coefficient (Wildman–Crippen LogP) is 3.13. The molecule has 3 rings (SSSR count). The molecule has 1 atom stereocenters. The molecule has 2 amide bonds. The zero-order chi connectivity index (χ0) is 15.0. The normalized spacial score (nSPS) is 21.4. The highest BCUT2D eigenvalue weighted by Crippen LogP contribution is 2.42. The minimum absolute atomic E-state index is 0.543. The van der Waals surface area contributed by atoms with Crippen LogP contribution in [0.5, 0.6) is 0 Å². The van der Waals surface area contributed by atoms with Gasteiger partial charge < -0.3 is 10.5 Å². The highest BCUT2D eigenvalue weighted by atomic mass is 35.5. The lowest BCUT2D eigenvalue weighted by Gasteiger charge is -2.34. The molecule has 0 aliphatic carbocycles. The number of nitrogens with zero attached hydrogens (tertiary/aromatic N) is 2. The Hall–Kier alpha value is -2.05. The monoisotopic (exact) mass is 321 g/mol. The van der Waals surface area contributed by atoms with Crippen LogP contribution in [0, 0.1) is 0 Å². The number of aromatic nitrogens is 1. The van der Waals surface area contributed by atoms with Gasteiger partial charge in [-0.25, -0.2) is 9.78 Å². The van der Waals surface area contributed by atoms with Gasteiger partial charge in [0.25, 0.3) is 0 Å². The molecular weight excluding hydrogens is 310 g/mol. The Kier molecular flexibility index (Phi) is 3.35. The molecule has 21 heavy (non-hydrogen) atoms. The van der Waals surface area contributed by atoms with E-state index < -0.39 is 11.0 Å². The molecule has 1 aliphatic heterocycles. The fraction of sp³-hybridized carbons (Fsp3) is 0.143. The van der Waals surface area contributed by atoms with Gasteiger partial charge in [-0.05, 0) is 18.2 Å². The van der Waals surface area contributed by atoms with Crippen molar-refractivity contribution in [2.24, 2.45) is 5.73 Å². The fourth-order valence-electron chi connectivity index (χ4n) is 2.11. The molecule has 0 saturated carbocycles. The third-order valence-electron chi connectivity index (χ3n) is 3.14. The van der Waals surface area contributed by atoms with Gasteiger partial charge in [0.2, 0.25) is 0 Å². The number of alkyl halides is 1. The maximum absolute atomic E-state index is 11.7. The molecule has 1 aromatic carbocycles. The third-order valence-corrected chi connectivity index (χ3v) is 4.88. The summed E-state index contributed by atoms with van der Waals surface area (Å²) in [6, 6.07) is 7.01. The Morgan fingerprint density at radius 1 is 1.48 bits per heavy atom. The van der Waals surface area contributed by atoms with Gasteiger partial charge in [0.15, 0.2) is 5.00 Å². The quantitative estimate of drug-likeness (QED) is 0.682. The molecule has 108 valence electrons. The summed E-state index contributed by atoms with van der Waals surface area (Å²) in [6.45, 7) is 0. The maximum atomic E-state index is 11.7. The van der Waals surface area contributed by atoms with E-state index in [0.29, 0.717) is 10.8 Å². The number of carbonyl (C=O) groups excluding carboxylic acids is 1. The molecule has 0 radical (unpaired) electrons. The van der Waals surface area contributed by atoms with Crippen LogP contribution in [-0.2, 0) is 9.73 Å². The van der Waals surface area contributed by atoms with Crippen molar-refractivity contribution in [2.45, 2.75) is 5.00 Å². The Bertz CT molecular complexity index is 737. The van der Waals surface area contributed by atoms with Crippen LogP contribution in [0.1, 0.15) is 5.01 Å². The van der Waals surface area contributed by atoms with Crippen LogP contribution < -0.4 is 5.73 Å². The van der Waals surface area contributed by atoms with Crippen molar-refractivity contribution >= 4 is 39.2 Å². The molecule has 0 bridgehead atoms. The number of para-hydroxylation sites is 1. The molecule has 1 unspecified atom stereocenters. The van der Waals surface area contributed by atoms with Crippen LogP contribution in [0.25, 0.3) is 10.2 Å². The number of benzene rings is 1. The molecule has 0 spiro atoms. The van der Waals surface area contributed by atoms with Gasteiger partial charge in [-0.2, -0.15) is 0 Å². The molecule has 2 aromatic rings. The van der Waals surface area contributed by atoms with E-state index in [0.717, 1.165) is 10.2 Å². The highest BCUT2D eigenvalue weighted by molar-refractivity contribution is 7.19. The number of methoxy groups -OCH3 is 1. The zero-order valence-corrected chi connectivity index (χ0v) is 12.7. The second-order valence-corrected chi connectivity index (χ2v) is 6.04. The van der Waals surface area contributed by atoms with Crippen LogP contribution in [0.4, 0.5) is 4.79 Å². The van der Waals surface area contributed by atoms with E-state index in [-0.39, 0.29) is 0 Å². The zero-order valence-electron chi connectivity index (χ0n) is 11.1. The summed E-state index contributed by atoms with van der Waals surface area (Å²) in [4.78, 5) is 16.1. The van der Waals surface area contributed by atoms with Gasteiger partial charge in [0, 0.05) is 12.3 Å². The first-order chi connectivity index (χ1) is 10.0. The van der Waals surface area contributed by atoms with Crippen molar-refractivity contribution in [1.29, 1.82) is 0 Å². The van der Waals surface area contributed by atoms with Gasteiger partial charge in [-0.15, -0.1) is 11.3 Å². The number of hydrogen-bond acceptors (Lipinski definition) is 4. The lowest BCUT2D eigenvalue weighted by Crippen LogP contribution is -2.45. The summed E-state index contributed by atoms with van der Waals surface area (Å²) in [5.74, 6) is 0.543. The molecule has 2 N–H and O–H groups in total. The van der Waals surface area contributed by atoms with E-state index in [9.17, 15) is 4.79 Å². The number of halogens is 1. The van der Waals surface area contributed by atoms with Crippen LogP contribution >= 0.6 is 22.9 Å². The number of rotatable bonds is 2. The van der Waals surface area contributed by atoms with Crippen LogP contribution in [0.15, 0.2) is 48.4 Å². The fourth-order valence-corrected chi connectivity index (χ4v) is 3.53. The standard InChI is InChI=1S/C14H12ClN3O2S/c1-20-9-6-7-18(13(16)19)14(15,8-9)12-17-10-4-2-3-5-11(10)21-12/h2-8H,1H3,(H2,16,19). The number of hydrogen-bond donors (Lipinski definition) is 1. The number of fused-ring (bicyclic) bond motifs is 1. The largest absolute Gasteiger partial charge is 0.497 e. The van der Waals surface area contributed by atoms with E-state index in [1.54, 1.807) is 12.2 Å². The first-order valence-corrected chi connectivity index (χ1v) is 7.33. The number of ether oxygens (including phenoxy) is 1. The molecule has 5 nitrogen and oxygen atoms in total. The summed E-state index contributed by atoms with van der Waals surface area (Å²) in [5.41, 5.74) is 6.24. The number of primary amides is 1. The lowest BCUT2D eigenvalue weighted by molar-refractivity contribution is 0.204. The molecule has 0 saturated heterocycles. The van der Waals surface area contributed by atoms with Crippen molar-refractivity contribution in [3.05, 3.63) is 53.4 Å². The van der Waals surface area contributed by atoms with Gasteiger partial charge in [0.1, 0.15) is 10.8 Å². The summed E-state index contributed by atoms with van der Waals surface area (Å²) < 4.78 is 6.18. The van der Waals surface area contributed by atoms with Gasteiger partial charge in [-0.3, -0.25) is 4.90 Å². The Labute approximate surface area is 130 Å². The minimum Gasteiger partial charge on any atom is -0.497 e. The van der Waals surface area contributed by atoms with Crippen molar-refractivity contribution in [2.75, 3.05) is 7.11 Å². The first kappa shape index (κ1) is 13.9. The Balaban J connectivity index is 2.16. The van der Waals surface area contributed by atoms with Crippen molar-refractivity contribution in [3.63, 3.8) is 0 Å². The minimum atomic E-state index is -1.28. The van der Waals surface area contributed by atoms with E-state index in [1.165, 1.54) is 29.5 Å². The number of urea groups is 1. The topological polar surface area (TPSA) is 68.4 Å². The van der Waals surface area contributed by atoms with Crippen molar-refractivity contribution in [3.8, 4) is 0 Å². The average molecular weight is 322 g/mol. The third kappa shape index (κ3) is 2.26. The number of amides is 2. The molecule has 2 heterocycles. The Morgan fingerprint density at radius 3 is 2.90 bits per heavy atom. The van der Waals surface area contributed by atoms with Gasteiger partial charge >= 0.3 is 6.03 Å². The number of allylic oxidation sites excluding steroid dienone is 1. The second-order valence-electron chi connectivity index (χ2n) is 4.43. The molecule has 7 heteroatoms. The van der Waals surface area contributed by atoms with E-state index >= 15 is 0 Å². The first-order valence-electron chi connectivity index (χ1n) is 6.13. The van der Waals surface area contributed by atoms with Crippen molar-refractivity contribution in [1.82, 2.24) is 9.88 Å². The number of nitrogens with two attached hydrogens (primary N) is 1. The number of carbonyl (C=O) groups is 1. The van der Waals surface area contributed by atoms with Crippen LogP contribution in [0.2, 0.25) is 0 Å². The van der Waals surface area contributed by atoms with Crippen LogP contribution in [0.3, 0.4) is 0 Å². The summed E-state index contributed by atoms with van der Waals surface area (Å²) in [6.07, 6.45) is 4.75. The van der Waals surface area contributed by atoms with Crippen molar-refractivity contribution < 1.29 is 9.53 Å². The summed E-state index contributed by atoms with van der Waals surface area (Å²) in [7, 11) is 1.53. The molecule has 1 aliphatic rings. The van der Waals surface area contributed by atoms with E-state index in [4.69, 9.17) is 22.1 Å². The predicted molar refractivity (Wildman–Crippen MR) is 82.8 cm³/mol. The Morgan fingerprint density at radius 2 is 2.24 bits per heavy atom. The lowest BCUT2D eigenvalue weighted by atomic mass is 10.1. The van der Waals surface area contributed by atoms with Gasteiger partial charge in [-0.1, -0.05) is 23.7 Å². The summed E-state index contributed by atoms with van der Waals surface area (Å²) in [5, 5.41) is 0.558. The van der Waals surface area contributed by atoms with Gasteiger partial charge in [0.05, 0.1) is 17.3 Å². The molecule has 1 aromatic heterocycles. The molecule has 0 fully saturated rings. The molecular formula is C14H12ClN3O2S. The van der Waals surface area contributed by atoms with E-state index in [1.807, 2.05) is 24.3 Å². The van der Waals surface area contributed by atoms with E-state index in [2.05, 4.69) is 4.98 Å². The second kappa shape index (κ2) is 5.05. The average Bonchev–Trinajstić information content (AvgIpc) is 2.91. The highest BCUT2D eigenvalue weighted by Gasteiger charge is 2.41. The summed E-state index contributed by atoms with van der Waals surface area (Å²) >= 11 is 8.08. The SMILES string of the molecule is COC1=CC(Cl)(c2nc3ccccc3s2)N(C(N)=O)C=C1.